The zero-order valence-electron chi connectivity index (χ0n) is 9.47. The number of aromatic nitrogens is 2. The minimum Gasteiger partial charge on any atom is -0.471 e. The summed E-state index contributed by atoms with van der Waals surface area (Å²) in [4.78, 5) is 10.4. The summed E-state index contributed by atoms with van der Waals surface area (Å²) in [6, 6.07) is 0. The first-order valence-electron chi connectivity index (χ1n) is 5.23. The average Bonchev–Trinajstić information content (AvgIpc) is 2.10. The Morgan fingerprint density at radius 2 is 2.07 bits per heavy atom. The van der Waals surface area contributed by atoms with E-state index in [-0.39, 0.29) is 11.6 Å². The van der Waals surface area contributed by atoms with Gasteiger partial charge < -0.3 is 4.74 Å². The molecule has 0 spiro atoms. The number of rotatable bonds is 2. The highest BCUT2D eigenvalue weighted by Gasteiger charge is 2.35. The van der Waals surface area contributed by atoms with Crippen molar-refractivity contribution in [2.45, 2.75) is 32.4 Å². The summed E-state index contributed by atoms with van der Waals surface area (Å²) in [5.74, 6) is 0.621. The molecule has 4 nitrogen and oxygen atoms in total. The lowest BCUT2D eigenvalue weighted by Gasteiger charge is -2.46. The molecule has 0 amide bonds. The summed E-state index contributed by atoms with van der Waals surface area (Å²) in [6.07, 6.45) is 5.21. The topological polar surface area (TPSA) is 38.2 Å². The molecule has 4 heteroatoms. The zero-order valence-corrected chi connectivity index (χ0v) is 9.47. The van der Waals surface area contributed by atoms with Gasteiger partial charge in [-0.25, -0.2) is 4.98 Å². The fraction of sp³-hybridized carbons (Fsp3) is 0.636. The van der Waals surface area contributed by atoms with Gasteiger partial charge in [-0.3, -0.25) is 9.88 Å². The molecule has 1 fully saturated rings. The van der Waals surface area contributed by atoms with Gasteiger partial charge in [-0.2, -0.15) is 0 Å². The van der Waals surface area contributed by atoms with Crippen molar-refractivity contribution in [1.29, 1.82) is 0 Å². The third-order valence-electron chi connectivity index (χ3n) is 2.62. The monoisotopic (exact) mass is 207 g/mol. The predicted molar refractivity (Wildman–Crippen MR) is 57.8 cm³/mol. The van der Waals surface area contributed by atoms with Crippen LogP contribution in [0.5, 0.6) is 5.88 Å². The summed E-state index contributed by atoms with van der Waals surface area (Å²) < 4.78 is 5.66. The fourth-order valence-corrected chi connectivity index (χ4v) is 1.58. The van der Waals surface area contributed by atoms with E-state index in [0.29, 0.717) is 5.88 Å². The molecule has 0 aromatic carbocycles. The van der Waals surface area contributed by atoms with Gasteiger partial charge in [0.25, 0.3) is 0 Å². The SMILES string of the molecule is CC(C)(C)N1CC(Oc2cnccn2)C1. The standard InChI is InChI=1S/C11H17N3O/c1-11(2,3)14-7-9(8-14)15-10-6-12-4-5-13-10/h4-6,9H,7-8H2,1-3H3. The number of hydrogen-bond acceptors (Lipinski definition) is 4. The van der Waals surface area contributed by atoms with E-state index in [9.17, 15) is 0 Å². The van der Waals surface area contributed by atoms with Crippen molar-refractivity contribution in [3.8, 4) is 5.88 Å². The van der Waals surface area contributed by atoms with Crippen LogP contribution in [0.4, 0.5) is 0 Å². The predicted octanol–water partition coefficient (Wildman–Crippen LogP) is 1.34. The molecule has 0 aliphatic carbocycles. The van der Waals surface area contributed by atoms with Crippen LogP contribution in [0.25, 0.3) is 0 Å². The molecule has 0 bridgehead atoms. The second kappa shape index (κ2) is 3.77. The summed E-state index contributed by atoms with van der Waals surface area (Å²) in [5.41, 5.74) is 0.238. The third kappa shape index (κ3) is 2.45. The Kier molecular flexibility index (Phi) is 2.61. The highest BCUT2D eigenvalue weighted by atomic mass is 16.5. The number of likely N-dealkylation sites (tertiary alicyclic amines) is 1. The van der Waals surface area contributed by atoms with E-state index in [2.05, 4.69) is 35.6 Å². The van der Waals surface area contributed by atoms with Crippen LogP contribution >= 0.6 is 0 Å². The van der Waals surface area contributed by atoms with Crippen molar-refractivity contribution in [2.24, 2.45) is 0 Å². The van der Waals surface area contributed by atoms with Crippen molar-refractivity contribution in [2.75, 3.05) is 13.1 Å². The van der Waals surface area contributed by atoms with Crippen LogP contribution in [0, 0.1) is 0 Å². The molecular weight excluding hydrogens is 190 g/mol. The van der Waals surface area contributed by atoms with Gasteiger partial charge in [-0.15, -0.1) is 0 Å². The van der Waals surface area contributed by atoms with Crippen molar-refractivity contribution in [1.82, 2.24) is 14.9 Å². The molecular formula is C11H17N3O. The number of nitrogens with zero attached hydrogens (tertiary/aromatic N) is 3. The summed E-state index contributed by atoms with van der Waals surface area (Å²) in [5, 5.41) is 0. The normalized spacial score (nSPS) is 18.6. The number of ether oxygens (including phenoxy) is 1. The number of hydrogen-bond donors (Lipinski definition) is 0. The molecule has 0 unspecified atom stereocenters. The van der Waals surface area contributed by atoms with Crippen LogP contribution in [0.1, 0.15) is 20.8 Å². The molecule has 82 valence electrons. The van der Waals surface area contributed by atoms with E-state index in [4.69, 9.17) is 4.74 Å². The summed E-state index contributed by atoms with van der Waals surface area (Å²) in [7, 11) is 0. The lowest BCUT2D eigenvalue weighted by atomic mass is 9.99. The molecule has 0 saturated carbocycles. The maximum atomic E-state index is 5.66. The van der Waals surface area contributed by atoms with Crippen molar-refractivity contribution < 1.29 is 4.74 Å². The van der Waals surface area contributed by atoms with E-state index >= 15 is 0 Å². The molecule has 0 atom stereocenters. The first kappa shape index (κ1) is 10.4. The fourth-order valence-electron chi connectivity index (χ4n) is 1.58. The molecule has 0 radical (unpaired) electrons. The Labute approximate surface area is 90.3 Å². The molecule has 1 aliphatic heterocycles. The molecule has 15 heavy (non-hydrogen) atoms. The van der Waals surface area contributed by atoms with E-state index in [1.807, 2.05) is 0 Å². The minimum atomic E-state index is 0.238. The van der Waals surface area contributed by atoms with Gasteiger partial charge in [-0.1, -0.05) is 0 Å². The van der Waals surface area contributed by atoms with Crippen molar-refractivity contribution in [3.63, 3.8) is 0 Å². The van der Waals surface area contributed by atoms with Crippen LogP contribution in [-0.4, -0.2) is 39.6 Å². The van der Waals surface area contributed by atoms with Gasteiger partial charge >= 0.3 is 0 Å². The highest BCUT2D eigenvalue weighted by Crippen LogP contribution is 2.23. The molecule has 2 heterocycles. The molecule has 2 rings (SSSR count). The average molecular weight is 207 g/mol. The second-order valence-electron chi connectivity index (χ2n) is 4.86. The van der Waals surface area contributed by atoms with Crippen LogP contribution < -0.4 is 4.74 Å². The lowest BCUT2D eigenvalue weighted by Crippen LogP contribution is -2.60. The van der Waals surface area contributed by atoms with Crippen LogP contribution in [0.3, 0.4) is 0 Å². The van der Waals surface area contributed by atoms with Crippen LogP contribution in [-0.2, 0) is 0 Å². The Morgan fingerprint density at radius 3 is 2.60 bits per heavy atom. The Balaban J connectivity index is 1.82. The van der Waals surface area contributed by atoms with Crippen molar-refractivity contribution >= 4 is 0 Å². The second-order valence-corrected chi connectivity index (χ2v) is 4.86. The van der Waals surface area contributed by atoms with Gasteiger partial charge in [-0.05, 0) is 20.8 Å². The van der Waals surface area contributed by atoms with Gasteiger partial charge in [0.2, 0.25) is 5.88 Å². The quantitative estimate of drug-likeness (QED) is 0.733. The highest BCUT2D eigenvalue weighted by molar-refractivity contribution is 5.04. The van der Waals surface area contributed by atoms with Gasteiger partial charge in [0, 0.05) is 31.0 Å². The minimum absolute atomic E-state index is 0.238. The Hall–Kier alpha value is -1.16. The Bertz CT molecular complexity index is 314. The van der Waals surface area contributed by atoms with Gasteiger partial charge in [0.1, 0.15) is 6.10 Å². The maximum Gasteiger partial charge on any atom is 0.232 e. The van der Waals surface area contributed by atoms with Gasteiger partial charge in [0.15, 0.2) is 0 Å². The largest absolute Gasteiger partial charge is 0.471 e. The Morgan fingerprint density at radius 1 is 1.33 bits per heavy atom. The summed E-state index contributed by atoms with van der Waals surface area (Å²) >= 11 is 0. The molecule has 1 aromatic rings. The maximum absolute atomic E-state index is 5.66. The molecule has 1 aliphatic rings. The lowest BCUT2D eigenvalue weighted by molar-refractivity contribution is -0.0369. The first-order chi connectivity index (χ1) is 7.05. The molecule has 1 aromatic heterocycles. The van der Waals surface area contributed by atoms with E-state index in [0.717, 1.165) is 13.1 Å². The van der Waals surface area contributed by atoms with Crippen LogP contribution in [0.2, 0.25) is 0 Å². The molecule has 0 N–H and O–H groups in total. The summed E-state index contributed by atoms with van der Waals surface area (Å²) in [6.45, 7) is 8.59. The smallest absolute Gasteiger partial charge is 0.232 e. The van der Waals surface area contributed by atoms with E-state index in [1.165, 1.54) is 0 Å². The van der Waals surface area contributed by atoms with Gasteiger partial charge in [0.05, 0.1) is 6.20 Å². The zero-order chi connectivity index (χ0) is 10.9. The third-order valence-corrected chi connectivity index (χ3v) is 2.62. The van der Waals surface area contributed by atoms with Crippen LogP contribution in [0.15, 0.2) is 18.6 Å². The molecule has 1 saturated heterocycles. The van der Waals surface area contributed by atoms with E-state index < -0.39 is 0 Å². The van der Waals surface area contributed by atoms with E-state index in [1.54, 1.807) is 18.6 Å². The first-order valence-corrected chi connectivity index (χ1v) is 5.23. The van der Waals surface area contributed by atoms with Crippen molar-refractivity contribution in [3.05, 3.63) is 18.6 Å².